The lowest BCUT2D eigenvalue weighted by atomic mass is 9.99. The monoisotopic (exact) mass is 264 g/mol. The fourth-order valence-electron chi connectivity index (χ4n) is 2.58. The van der Waals surface area contributed by atoms with Crippen LogP contribution in [0.2, 0.25) is 0 Å². The van der Waals surface area contributed by atoms with Crippen molar-refractivity contribution in [2.24, 2.45) is 10.9 Å². The van der Waals surface area contributed by atoms with E-state index in [1.54, 1.807) is 6.20 Å². The third-order valence-corrected chi connectivity index (χ3v) is 3.53. The van der Waals surface area contributed by atoms with Gasteiger partial charge in [0, 0.05) is 31.1 Å². The molecule has 0 spiro atoms. The molecule has 104 valence electrons. The molecule has 0 aromatic carbocycles. The maximum Gasteiger partial charge on any atom is 0.188 e. The lowest BCUT2D eigenvalue weighted by Gasteiger charge is -2.37. The fraction of sp³-hybridized carbons (Fsp3) is 0.538. The summed E-state index contributed by atoms with van der Waals surface area (Å²) in [5, 5.41) is 20.8. The number of anilines is 1. The van der Waals surface area contributed by atoms with Gasteiger partial charge in [0.2, 0.25) is 0 Å². The fourth-order valence-corrected chi connectivity index (χ4v) is 2.58. The molecular formula is C13H20N4O2. The number of piperidine rings is 1. The smallest absolute Gasteiger partial charge is 0.188 e. The van der Waals surface area contributed by atoms with Gasteiger partial charge in [0.1, 0.15) is 5.69 Å². The van der Waals surface area contributed by atoms with Gasteiger partial charge in [0.15, 0.2) is 5.84 Å². The first kappa shape index (κ1) is 13.6. The second kappa shape index (κ2) is 6.38. The molecule has 1 saturated heterocycles. The molecule has 0 amide bonds. The van der Waals surface area contributed by atoms with Crippen LogP contribution in [0.5, 0.6) is 0 Å². The van der Waals surface area contributed by atoms with E-state index in [0.717, 1.165) is 31.5 Å². The van der Waals surface area contributed by atoms with Crippen molar-refractivity contribution in [3.8, 4) is 0 Å². The van der Waals surface area contributed by atoms with Gasteiger partial charge in [-0.2, -0.15) is 0 Å². The van der Waals surface area contributed by atoms with Gasteiger partial charge in [-0.25, -0.2) is 0 Å². The van der Waals surface area contributed by atoms with Gasteiger partial charge in [-0.1, -0.05) is 5.16 Å². The second-order valence-corrected chi connectivity index (χ2v) is 4.74. The van der Waals surface area contributed by atoms with E-state index < -0.39 is 0 Å². The van der Waals surface area contributed by atoms with Crippen molar-refractivity contribution in [3.63, 3.8) is 0 Å². The van der Waals surface area contributed by atoms with Gasteiger partial charge in [-0.05, 0) is 37.8 Å². The van der Waals surface area contributed by atoms with Crippen LogP contribution in [0.15, 0.2) is 23.5 Å². The molecule has 1 atom stereocenters. The quantitative estimate of drug-likeness (QED) is 0.325. The van der Waals surface area contributed by atoms with E-state index in [1.165, 1.54) is 6.42 Å². The van der Waals surface area contributed by atoms with Crippen LogP contribution in [-0.4, -0.2) is 40.3 Å². The Morgan fingerprint density at radius 2 is 2.37 bits per heavy atom. The number of aliphatic hydroxyl groups excluding tert-OH is 1. The highest BCUT2D eigenvalue weighted by Gasteiger charge is 2.22. The Morgan fingerprint density at radius 3 is 3.11 bits per heavy atom. The maximum atomic E-state index is 9.15. The number of hydrogen-bond donors (Lipinski definition) is 3. The Bertz CT molecular complexity index is 448. The van der Waals surface area contributed by atoms with E-state index in [4.69, 9.17) is 16.0 Å². The first-order valence-corrected chi connectivity index (χ1v) is 6.57. The van der Waals surface area contributed by atoms with Crippen molar-refractivity contribution < 1.29 is 10.3 Å². The normalized spacial score (nSPS) is 20.6. The molecular weight excluding hydrogens is 244 g/mol. The number of nitrogens with zero attached hydrogens (tertiary/aromatic N) is 3. The zero-order chi connectivity index (χ0) is 13.7. The maximum absolute atomic E-state index is 9.15. The van der Waals surface area contributed by atoms with E-state index in [1.807, 2.05) is 12.1 Å². The summed E-state index contributed by atoms with van der Waals surface area (Å²) in [7, 11) is 0. The number of rotatable bonds is 4. The van der Waals surface area contributed by atoms with Crippen LogP contribution in [0.1, 0.15) is 31.4 Å². The molecule has 6 nitrogen and oxygen atoms in total. The summed E-state index contributed by atoms with van der Waals surface area (Å²) < 4.78 is 0. The molecule has 1 aliphatic heterocycles. The number of hydrogen-bond acceptors (Lipinski definition) is 5. The minimum absolute atomic E-state index is 0.0116. The number of nitrogens with two attached hydrogens (primary N) is 1. The Kier molecular flexibility index (Phi) is 4.57. The van der Waals surface area contributed by atoms with Crippen LogP contribution < -0.4 is 10.6 Å². The Balaban J connectivity index is 2.23. The summed E-state index contributed by atoms with van der Waals surface area (Å²) in [6, 6.07) is 4.09. The molecule has 1 aliphatic rings. The summed E-state index contributed by atoms with van der Waals surface area (Å²) in [6.07, 6.45) is 5.85. The van der Waals surface area contributed by atoms with Gasteiger partial charge in [0.05, 0.1) is 0 Å². The van der Waals surface area contributed by atoms with Crippen LogP contribution in [0, 0.1) is 0 Å². The summed E-state index contributed by atoms with van der Waals surface area (Å²) in [5.74, 6) is 0.0116. The predicted octanol–water partition coefficient (Wildman–Crippen LogP) is 0.917. The average Bonchev–Trinajstić information content (AvgIpc) is 2.47. The Morgan fingerprint density at radius 1 is 1.53 bits per heavy atom. The molecule has 6 heteroatoms. The zero-order valence-corrected chi connectivity index (χ0v) is 10.9. The summed E-state index contributed by atoms with van der Waals surface area (Å²) in [6.45, 7) is 1.16. The third kappa shape index (κ3) is 3.14. The molecule has 1 unspecified atom stereocenters. The summed E-state index contributed by atoms with van der Waals surface area (Å²) >= 11 is 0. The topological polar surface area (TPSA) is 95.0 Å². The molecule has 1 aromatic rings. The number of oxime groups is 1. The number of aromatic nitrogens is 1. The molecule has 0 bridgehead atoms. The highest BCUT2D eigenvalue weighted by atomic mass is 16.4. The van der Waals surface area contributed by atoms with Crippen molar-refractivity contribution in [1.82, 2.24) is 4.98 Å². The van der Waals surface area contributed by atoms with E-state index in [0.29, 0.717) is 11.7 Å². The van der Waals surface area contributed by atoms with E-state index in [2.05, 4.69) is 15.0 Å². The largest absolute Gasteiger partial charge is 0.409 e. The highest BCUT2D eigenvalue weighted by molar-refractivity contribution is 5.95. The molecule has 2 heterocycles. The van der Waals surface area contributed by atoms with Gasteiger partial charge in [-0.3, -0.25) is 4.98 Å². The minimum atomic E-state index is 0.0116. The van der Waals surface area contributed by atoms with Crippen LogP contribution in [0.4, 0.5) is 5.69 Å². The first-order valence-electron chi connectivity index (χ1n) is 6.57. The number of pyridine rings is 1. The third-order valence-electron chi connectivity index (χ3n) is 3.53. The van der Waals surface area contributed by atoms with E-state index in [-0.39, 0.29) is 12.4 Å². The van der Waals surface area contributed by atoms with Crippen molar-refractivity contribution in [3.05, 3.63) is 24.0 Å². The second-order valence-electron chi connectivity index (χ2n) is 4.74. The standard InChI is InChI=1S/C13H20N4O2/c14-13(16-19)12-9-11(4-6-15-12)17-7-2-1-3-10(17)5-8-18/h4,6,9-10,18-19H,1-3,5,7-8H2,(H2,14,16). The molecule has 0 saturated carbocycles. The number of aliphatic hydroxyl groups is 1. The molecule has 1 aromatic heterocycles. The van der Waals surface area contributed by atoms with Crippen LogP contribution in [-0.2, 0) is 0 Å². The summed E-state index contributed by atoms with van der Waals surface area (Å²) in [4.78, 5) is 6.36. The van der Waals surface area contributed by atoms with Crippen LogP contribution >= 0.6 is 0 Å². The average molecular weight is 264 g/mol. The van der Waals surface area contributed by atoms with Gasteiger partial charge < -0.3 is 20.9 Å². The minimum Gasteiger partial charge on any atom is -0.409 e. The van der Waals surface area contributed by atoms with Crippen LogP contribution in [0.25, 0.3) is 0 Å². The highest BCUT2D eigenvalue weighted by Crippen LogP contribution is 2.26. The lowest BCUT2D eigenvalue weighted by molar-refractivity contribution is 0.262. The Hall–Kier alpha value is -1.82. The molecule has 1 fully saturated rings. The van der Waals surface area contributed by atoms with E-state index in [9.17, 15) is 0 Å². The first-order chi connectivity index (χ1) is 9.26. The Labute approximate surface area is 112 Å². The van der Waals surface area contributed by atoms with Crippen molar-refractivity contribution in [1.29, 1.82) is 0 Å². The zero-order valence-electron chi connectivity index (χ0n) is 10.9. The predicted molar refractivity (Wildman–Crippen MR) is 73.4 cm³/mol. The molecule has 19 heavy (non-hydrogen) atoms. The van der Waals surface area contributed by atoms with Gasteiger partial charge in [-0.15, -0.1) is 0 Å². The van der Waals surface area contributed by atoms with E-state index >= 15 is 0 Å². The summed E-state index contributed by atoms with van der Waals surface area (Å²) in [5.41, 5.74) is 7.04. The molecule has 0 radical (unpaired) electrons. The van der Waals surface area contributed by atoms with Crippen molar-refractivity contribution in [2.45, 2.75) is 31.7 Å². The lowest BCUT2D eigenvalue weighted by Crippen LogP contribution is -2.40. The number of amidine groups is 1. The SMILES string of the molecule is NC(=NO)c1cc(N2CCCCC2CCO)ccn1. The van der Waals surface area contributed by atoms with Crippen molar-refractivity contribution in [2.75, 3.05) is 18.1 Å². The van der Waals surface area contributed by atoms with Crippen molar-refractivity contribution >= 4 is 11.5 Å². The molecule has 0 aliphatic carbocycles. The molecule has 4 N–H and O–H groups in total. The molecule has 2 rings (SSSR count). The van der Waals surface area contributed by atoms with Crippen LogP contribution in [0.3, 0.4) is 0 Å². The van der Waals surface area contributed by atoms with Gasteiger partial charge >= 0.3 is 0 Å². The van der Waals surface area contributed by atoms with Gasteiger partial charge in [0.25, 0.3) is 0 Å².